The van der Waals surface area contributed by atoms with Crippen LogP contribution in [0.1, 0.15) is 17.3 Å². The van der Waals surface area contributed by atoms with Crippen LogP contribution in [-0.2, 0) is 0 Å². The van der Waals surface area contributed by atoms with E-state index in [4.69, 9.17) is 0 Å². The zero-order valence-electron chi connectivity index (χ0n) is 9.81. The van der Waals surface area contributed by atoms with E-state index in [2.05, 4.69) is 0 Å². The Morgan fingerprint density at radius 1 is 0.947 bits per heavy atom. The molecule has 0 amide bonds. The van der Waals surface area contributed by atoms with Crippen LogP contribution in [0.3, 0.4) is 0 Å². The predicted octanol–water partition coefficient (Wildman–Crippen LogP) is 4.11. The lowest BCUT2D eigenvalue weighted by atomic mass is 9.97. The van der Waals surface area contributed by atoms with Crippen molar-refractivity contribution < 1.29 is 22.4 Å². The molecule has 5 heteroatoms. The van der Waals surface area contributed by atoms with Crippen molar-refractivity contribution in [3.05, 3.63) is 59.2 Å². The minimum atomic E-state index is -1.61. The Morgan fingerprint density at radius 3 is 2.05 bits per heavy atom. The summed E-state index contributed by atoms with van der Waals surface area (Å²) in [4.78, 5) is 11.4. The second-order valence-corrected chi connectivity index (χ2v) is 4.00. The quantitative estimate of drug-likeness (QED) is 0.455. The van der Waals surface area contributed by atoms with Crippen LogP contribution in [0.25, 0.3) is 11.1 Å². The minimum Gasteiger partial charge on any atom is -0.294 e. The Bertz CT molecular complexity index is 641. The smallest absolute Gasteiger partial charge is 0.194 e. The molecule has 2 aromatic rings. The van der Waals surface area contributed by atoms with Crippen LogP contribution in [0.2, 0.25) is 0 Å². The number of rotatable bonds is 2. The molecule has 0 unspecified atom stereocenters. The van der Waals surface area contributed by atoms with Crippen molar-refractivity contribution in [2.75, 3.05) is 0 Å². The molecular weight excluding hydrogens is 260 g/mol. The molecule has 1 nitrogen and oxygen atoms in total. The molecule has 0 saturated heterocycles. The Kier molecular flexibility index (Phi) is 3.38. The van der Waals surface area contributed by atoms with Gasteiger partial charge in [0.15, 0.2) is 23.2 Å². The fraction of sp³-hybridized carbons (Fsp3) is 0.0714. The van der Waals surface area contributed by atoms with E-state index in [-0.39, 0.29) is 22.5 Å². The third kappa shape index (κ3) is 2.50. The van der Waals surface area contributed by atoms with Crippen molar-refractivity contribution >= 4 is 5.78 Å². The van der Waals surface area contributed by atoms with Gasteiger partial charge in [0.1, 0.15) is 5.82 Å². The van der Waals surface area contributed by atoms with Gasteiger partial charge in [-0.25, -0.2) is 17.6 Å². The third-order valence-electron chi connectivity index (χ3n) is 2.66. The lowest BCUT2D eigenvalue weighted by Gasteiger charge is -2.08. The molecule has 2 rings (SSSR count). The van der Waals surface area contributed by atoms with Crippen molar-refractivity contribution in [2.45, 2.75) is 6.92 Å². The monoisotopic (exact) mass is 268 g/mol. The predicted molar refractivity (Wildman–Crippen MR) is 61.7 cm³/mol. The van der Waals surface area contributed by atoms with Gasteiger partial charge in [0, 0.05) is 5.56 Å². The Labute approximate surface area is 106 Å². The van der Waals surface area contributed by atoms with E-state index >= 15 is 0 Å². The first kappa shape index (κ1) is 13.3. The molecule has 0 atom stereocenters. The molecule has 0 aromatic heterocycles. The lowest BCUT2D eigenvalue weighted by molar-refractivity contribution is 0.101. The number of carbonyl (C=O) groups is 1. The van der Waals surface area contributed by atoms with Crippen LogP contribution in [0.15, 0.2) is 30.3 Å². The molecule has 0 fully saturated rings. The Morgan fingerprint density at radius 2 is 1.53 bits per heavy atom. The summed E-state index contributed by atoms with van der Waals surface area (Å²) in [7, 11) is 0. The molecule has 0 aliphatic rings. The van der Waals surface area contributed by atoms with E-state index in [9.17, 15) is 22.4 Å². The Hall–Kier alpha value is -2.17. The highest BCUT2D eigenvalue weighted by molar-refractivity contribution is 6.00. The van der Waals surface area contributed by atoms with Gasteiger partial charge < -0.3 is 0 Å². The van der Waals surface area contributed by atoms with Gasteiger partial charge in [-0.2, -0.15) is 0 Å². The summed E-state index contributed by atoms with van der Waals surface area (Å²) in [6.07, 6.45) is 0. The molecule has 0 saturated carbocycles. The second-order valence-electron chi connectivity index (χ2n) is 4.00. The van der Waals surface area contributed by atoms with Gasteiger partial charge in [0.05, 0.1) is 0 Å². The van der Waals surface area contributed by atoms with Gasteiger partial charge in [-0.15, -0.1) is 0 Å². The maximum atomic E-state index is 13.2. The SMILES string of the molecule is CC(=O)c1ccc(F)cc1-c1cc(F)c(F)c(F)c1. The van der Waals surface area contributed by atoms with Gasteiger partial charge >= 0.3 is 0 Å². The van der Waals surface area contributed by atoms with Crippen molar-refractivity contribution in [1.29, 1.82) is 0 Å². The standard InChI is InChI=1S/C14H8F4O/c1-7(19)10-3-2-9(15)6-11(10)8-4-12(16)14(18)13(17)5-8/h2-6H,1H3. The van der Waals surface area contributed by atoms with Crippen molar-refractivity contribution in [3.8, 4) is 11.1 Å². The van der Waals surface area contributed by atoms with E-state index in [1.807, 2.05) is 0 Å². The number of ketones is 1. The minimum absolute atomic E-state index is 0.0188. The second kappa shape index (κ2) is 4.84. The zero-order valence-corrected chi connectivity index (χ0v) is 9.81. The average molecular weight is 268 g/mol. The number of hydrogen-bond donors (Lipinski definition) is 0. The normalized spacial score (nSPS) is 10.6. The van der Waals surface area contributed by atoms with Gasteiger partial charge in [-0.05, 0) is 48.4 Å². The number of halogens is 4. The molecule has 0 aliphatic heterocycles. The first-order valence-corrected chi connectivity index (χ1v) is 5.35. The van der Waals surface area contributed by atoms with E-state index in [0.717, 1.165) is 24.3 Å². The highest BCUT2D eigenvalue weighted by Crippen LogP contribution is 2.28. The molecule has 0 N–H and O–H groups in total. The molecule has 19 heavy (non-hydrogen) atoms. The van der Waals surface area contributed by atoms with Gasteiger partial charge in [-0.3, -0.25) is 4.79 Å². The van der Waals surface area contributed by atoms with Crippen LogP contribution < -0.4 is 0 Å². The van der Waals surface area contributed by atoms with Crippen LogP contribution in [0.5, 0.6) is 0 Å². The highest BCUT2D eigenvalue weighted by atomic mass is 19.2. The summed E-state index contributed by atoms with van der Waals surface area (Å²) in [6.45, 7) is 1.24. The van der Waals surface area contributed by atoms with Crippen molar-refractivity contribution in [2.24, 2.45) is 0 Å². The van der Waals surface area contributed by atoms with Crippen molar-refractivity contribution in [1.82, 2.24) is 0 Å². The molecule has 98 valence electrons. The molecule has 0 heterocycles. The summed E-state index contributed by atoms with van der Waals surface area (Å²) >= 11 is 0. The fourth-order valence-corrected chi connectivity index (χ4v) is 1.77. The summed E-state index contributed by atoms with van der Waals surface area (Å²) in [5, 5.41) is 0. The number of carbonyl (C=O) groups excluding carboxylic acids is 1. The maximum Gasteiger partial charge on any atom is 0.194 e. The molecule has 0 spiro atoms. The zero-order chi connectivity index (χ0) is 14.2. The fourth-order valence-electron chi connectivity index (χ4n) is 1.77. The molecule has 0 radical (unpaired) electrons. The van der Waals surface area contributed by atoms with Crippen LogP contribution in [-0.4, -0.2) is 5.78 Å². The summed E-state index contributed by atoms with van der Waals surface area (Å²) in [5.74, 6) is -5.45. The lowest BCUT2D eigenvalue weighted by Crippen LogP contribution is -1.99. The van der Waals surface area contributed by atoms with Gasteiger partial charge in [0.2, 0.25) is 0 Å². The largest absolute Gasteiger partial charge is 0.294 e. The topological polar surface area (TPSA) is 17.1 Å². The summed E-state index contributed by atoms with van der Waals surface area (Å²) < 4.78 is 52.4. The molecular formula is C14H8F4O. The summed E-state index contributed by atoms with van der Waals surface area (Å²) in [5.41, 5.74) is 0.0261. The van der Waals surface area contributed by atoms with Gasteiger partial charge in [-0.1, -0.05) is 0 Å². The average Bonchev–Trinajstić information content (AvgIpc) is 2.34. The van der Waals surface area contributed by atoms with E-state index < -0.39 is 23.3 Å². The number of Topliss-reactive ketones (excluding diaryl/α,β-unsaturated/α-hetero) is 1. The Balaban J connectivity index is 2.71. The maximum absolute atomic E-state index is 13.2. The first-order chi connectivity index (χ1) is 8.90. The number of hydrogen-bond acceptors (Lipinski definition) is 1. The van der Waals surface area contributed by atoms with Gasteiger partial charge in [0.25, 0.3) is 0 Å². The van der Waals surface area contributed by atoms with Crippen LogP contribution in [0.4, 0.5) is 17.6 Å². The molecule has 0 bridgehead atoms. The van der Waals surface area contributed by atoms with Crippen molar-refractivity contribution in [3.63, 3.8) is 0 Å². The first-order valence-electron chi connectivity index (χ1n) is 5.35. The van der Waals surface area contributed by atoms with E-state index in [1.165, 1.54) is 13.0 Å². The highest BCUT2D eigenvalue weighted by Gasteiger charge is 2.16. The molecule has 0 aliphatic carbocycles. The molecule has 2 aromatic carbocycles. The van der Waals surface area contributed by atoms with E-state index in [0.29, 0.717) is 0 Å². The summed E-state index contributed by atoms with van der Waals surface area (Å²) in [6, 6.07) is 4.70. The third-order valence-corrected chi connectivity index (χ3v) is 2.66. The van der Waals surface area contributed by atoms with Crippen LogP contribution >= 0.6 is 0 Å². The number of benzene rings is 2. The van der Waals surface area contributed by atoms with E-state index in [1.54, 1.807) is 0 Å². The van der Waals surface area contributed by atoms with Crippen LogP contribution in [0, 0.1) is 23.3 Å².